The van der Waals surface area contributed by atoms with Crippen LogP contribution < -0.4 is 9.62 Å². The van der Waals surface area contributed by atoms with Gasteiger partial charge in [0, 0.05) is 17.2 Å². The molecule has 0 aliphatic rings. The van der Waals surface area contributed by atoms with Crippen molar-refractivity contribution in [1.82, 2.24) is 0 Å². The summed E-state index contributed by atoms with van der Waals surface area (Å²) in [5.41, 5.74) is 0.841. The molecule has 0 aliphatic heterocycles. The Balaban J connectivity index is 1.95. The highest BCUT2D eigenvalue weighted by Gasteiger charge is 2.27. The number of carbonyl (C=O) groups is 1. The maximum absolute atomic E-state index is 13.3. The number of rotatable bonds is 7. The Morgan fingerprint density at radius 2 is 1.77 bits per heavy atom. The topological polar surface area (TPSA) is 110 Å². The molecule has 0 aliphatic carbocycles. The molecule has 160 valence electrons. The predicted molar refractivity (Wildman–Crippen MR) is 119 cm³/mol. The first kappa shape index (κ1) is 22.3. The average Bonchev–Trinajstić information content (AvgIpc) is 2.74. The van der Waals surface area contributed by atoms with Crippen LogP contribution in [0.3, 0.4) is 0 Å². The third-order valence-corrected chi connectivity index (χ3v) is 6.44. The van der Waals surface area contributed by atoms with Crippen LogP contribution in [0.5, 0.6) is 0 Å². The second-order valence-electron chi connectivity index (χ2n) is 6.61. The number of anilines is 2. The second-order valence-corrected chi connectivity index (χ2v) is 8.91. The first-order valence-corrected chi connectivity index (χ1v) is 10.9. The Hall–Kier alpha value is -3.43. The molecular formula is C21H18ClN3O5S. The molecule has 0 bridgehead atoms. The highest BCUT2D eigenvalue weighted by atomic mass is 35.5. The van der Waals surface area contributed by atoms with Gasteiger partial charge in [-0.05, 0) is 42.8 Å². The number of sulfonamides is 1. The molecule has 0 unspecified atom stereocenters. The SMILES string of the molecule is Cc1ccc([N+](=O)[O-])cc1NC(=O)CN(c1cccc(Cl)c1)S(=O)(=O)c1ccccc1. The van der Waals surface area contributed by atoms with E-state index in [1.807, 2.05) is 0 Å². The molecule has 0 aromatic heterocycles. The van der Waals surface area contributed by atoms with Crippen molar-refractivity contribution in [3.05, 3.63) is 93.5 Å². The van der Waals surface area contributed by atoms with Gasteiger partial charge in [0.15, 0.2) is 0 Å². The van der Waals surface area contributed by atoms with E-state index >= 15 is 0 Å². The Kier molecular flexibility index (Phi) is 6.57. The number of nitro benzene ring substituents is 1. The molecule has 0 fully saturated rings. The van der Waals surface area contributed by atoms with Gasteiger partial charge in [-0.3, -0.25) is 19.2 Å². The number of nitrogens with zero attached hydrogens (tertiary/aromatic N) is 2. The van der Waals surface area contributed by atoms with Gasteiger partial charge < -0.3 is 5.32 Å². The Morgan fingerprint density at radius 3 is 2.42 bits per heavy atom. The molecule has 1 N–H and O–H groups in total. The summed E-state index contributed by atoms with van der Waals surface area (Å²) in [6.45, 7) is 1.12. The maximum atomic E-state index is 13.3. The first-order valence-electron chi connectivity index (χ1n) is 9.07. The van der Waals surface area contributed by atoms with Crippen molar-refractivity contribution in [2.75, 3.05) is 16.2 Å². The maximum Gasteiger partial charge on any atom is 0.271 e. The van der Waals surface area contributed by atoms with E-state index in [0.717, 1.165) is 4.31 Å². The van der Waals surface area contributed by atoms with E-state index in [1.54, 1.807) is 37.3 Å². The lowest BCUT2D eigenvalue weighted by atomic mass is 10.2. The number of hydrogen-bond acceptors (Lipinski definition) is 5. The molecule has 0 spiro atoms. The van der Waals surface area contributed by atoms with E-state index in [2.05, 4.69) is 5.32 Å². The van der Waals surface area contributed by atoms with Gasteiger partial charge >= 0.3 is 0 Å². The van der Waals surface area contributed by atoms with Gasteiger partial charge in [0.25, 0.3) is 15.7 Å². The summed E-state index contributed by atoms with van der Waals surface area (Å²) in [6, 6.07) is 17.9. The molecule has 3 aromatic rings. The van der Waals surface area contributed by atoms with Crippen molar-refractivity contribution in [2.45, 2.75) is 11.8 Å². The number of amides is 1. The third-order valence-electron chi connectivity index (χ3n) is 4.42. The minimum absolute atomic E-state index is 0.00862. The first-order chi connectivity index (χ1) is 14.7. The molecule has 0 atom stereocenters. The van der Waals surface area contributed by atoms with Gasteiger partial charge in [-0.2, -0.15) is 0 Å². The van der Waals surface area contributed by atoms with Gasteiger partial charge in [-0.25, -0.2) is 8.42 Å². The molecule has 8 nitrogen and oxygen atoms in total. The van der Waals surface area contributed by atoms with Crippen molar-refractivity contribution >= 4 is 44.6 Å². The van der Waals surface area contributed by atoms with Crippen LogP contribution in [-0.4, -0.2) is 25.8 Å². The fourth-order valence-electron chi connectivity index (χ4n) is 2.84. The Bertz CT molecular complexity index is 1230. The van der Waals surface area contributed by atoms with Crippen LogP contribution in [0, 0.1) is 17.0 Å². The lowest BCUT2D eigenvalue weighted by Gasteiger charge is -2.24. The average molecular weight is 460 g/mol. The fourth-order valence-corrected chi connectivity index (χ4v) is 4.46. The van der Waals surface area contributed by atoms with Crippen LogP contribution in [0.2, 0.25) is 5.02 Å². The Labute approximate surface area is 184 Å². The van der Waals surface area contributed by atoms with Crippen molar-refractivity contribution in [3.63, 3.8) is 0 Å². The van der Waals surface area contributed by atoms with Crippen LogP contribution >= 0.6 is 11.6 Å². The monoisotopic (exact) mass is 459 g/mol. The zero-order valence-electron chi connectivity index (χ0n) is 16.4. The molecular weight excluding hydrogens is 442 g/mol. The quantitative estimate of drug-likeness (QED) is 0.416. The number of hydrogen-bond donors (Lipinski definition) is 1. The van der Waals surface area contributed by atoms with E-state index in [9.17, 15) is 23.3 Å². The zero-order chi connectivity index (χ0) is 22.6. The standard InChI is InChI=1S/C21H18ClN3O5S/c1-15-10-11-18(25(27)28)13-20(15)23-21(26)14-24(17-7-5-6-16(22)12-17)31(29,30)19-8-3-2-4-9-19/h2-13H,14H2,1H3,(H,23,26). The van der Waals surface area contributed by atoms with Crippen LogP contribution in [0.15, 0.2) is 77.7 Å². The number of halogens is 1. The van der Waals surface area contributed by atoms with E-state index < -0.39 is 27.4 Å². The summed E-state index contributed by atoms with van der Waals surface area (Å²) in [5.74, 6) is -0.664. The number of aryl methyl sites for hydroxylation is 1. The normalized spacial score (nSPS) is 11.0. The van der Waals surface area contributed by atoms with Gasteiger partial charge in [0.2, 0.25) is 5.91 Å². The number of nitro groups is 1. The minimum Gasteiger partial charge on any atom is -0.324 e. The van der Waals surface area contributed by atoms with E-state index in [4.69, 9.17) is 11.6 Å². The number of carbonyl (C=O) groups excluding carboxylic acids is 1. The number of nitrogens with one attached hydrogen (secondary N) is 1. The van der Waals surface area contributed by atoms with E-state index in [0.29, 0.717) is 10.6 Å². The second kappa shape index (κ2) is 9.15. The van der Waals surface area contributed by atoms with Gasteiger partial charge in [-0.15, -0.1) is 0 Å². The van der Waals surface area contributed by atoms with Crippen LogP contribution in [0.4, 0.5) is 17.1 Å². The molecule has 0 heterocycles. The van der Waals surface area contributed by atoms with Gasteiger partial charge in [0.1, 0.15) is 6.54 Å². The minimum atomic E-state index is -4.08. The third kappa shape index (κ3) is 5.19. The summed E-state index contributed by atoms with van der Waals surface area (Å²) in [4.78, 5) is 23.2. The molecule has 0 radical (unpaired) electrons. The van der Waals surface area contributed by atoms with E-state index in [1.165, 1.54) is 42.5 Å². The highest BCUT2D eigenvalue weighted by molar-refractivity contribution is 7.92. The molecule has 3 rings (SSSR count). The molecule has 31 heavy (non-hydrogen) atoms. The van der Waals surface area contributed by atoms with Crippen molar-refractivity contribution in [3.8, 4) is 0 Å². The van der Waals surface area contributed by atoms with E-state index in [-0.39, 0.29) is 22.0 Å². The Morgan fingerprint density at radius 1 is 1.06 bits per heavy atom. The zero-order valence-corrected chi connectivity index (χ0v) is 17.9. The predicted octanol–water partition coefficient (Wildman–Crippen LogP) is 4.39. The molecule has 0 saturated heterocycles. The van der Waals surface area contributed by atoms with Crippen LogP contribution in [0.25, 0.3) is 0 Å². The summed E-state index contributed by atoms with van der Waals surface area (Å²) in [5, 5.41) is 13.9. The summed E-state index contributed by atoms with van der Waals surface area (Å²) in [6.07, 6.45) is 0. The van der Waals surface area contributed by atoms with Crippen LogP contribution in [0.1, 0.15) is 5.56 Å². The largest absolute Gasteiger partial charge is 0.324 e. The van der Waals surface area contributed by atoms with Gasteiger partial charge in [-0.1, -0.05) is 41.9 Å². The summed E-state index contributed by atoms with van der Waals surface area (Å²) in [7, 11) is -4.08. The number of benzene rings is 3. The number of non-ortho nitro benzene ring substituents is 1. The van der Waals surface area contributed by atoms with Gasteiger partial charge in [0.05, 0.1) is 21.2 Å². The smallest absolute Gasteiger partial charge is 0.271 e. The van der Waals surface area contributed by atoms with Crippen molar-refractivity contribution < 1.29 is 18.1 Å². The van der Waals surface area contributed by atoms with Crippen LogP contribution in [-0.2, 0) is 14.8 Å². The summed E-state index contributed by atoms with van der Waals surface area (Å²) < 4.78 is 27.5. The molecule has 10 heteroatoms. The molecule has 0 saturated carbocycles. The summed E-state index contributed by atoms with van der Waals surface area (Å²) >= 11 is 6.03. The molecule has 3 aromatic carbocycles. The van der Waals surface area contributed by atoms with Crippen molar-refractivity contribution in [2.24, 2.45) is 0 Å². The highest BCUT2D eigenvalue weighted by Crippen LogP contribution is 2.27. The fraction of sp³-hybridized carbons (Fsp3) is 0.0952. The molecule has 1 amide bonds. The lowest BCUT2D eigenvalue weighted by Crippen LogP contribution is -2.38. The van der Waals surface area contributed by atoms with Crippen molar-refractivity contribution in [1.29, 1.82) is 0 Å². The lowest BCUT2D eigenvalue weighted by molar-refractivity contribution is -0.384.